The number of carbonyl (C=O) groups excluding carboxylic acids is 1. The van der Waals surface area contributed by atoms with E-state index in [1.807, 2.05) is 24.3 Å². The van der Waals surface area contributed by atoms with Crippen molar-refractivity contribution in [3.05, 3.63) is 93.5 Å². The first-order valence-corrected chi connectivity index (χ1v) is 11.6. The lowest BCUT2D eigenvalue weighted by Gasteiger charge is -2.09. The van der Waals surface area contributed by atoms with Gasteiger partial charge in [0.05, 0.1) is 39.6 Å². The molecular formula is C24H20Cl2N4OS. The van der Waals surface area contributed by atoms with E-state index >= 15 is 0 Å². The number of halogens is 2. The summed E-state index contributed by atoms with van der Waals surface area (Å²) in [5.74, 6) is -0.0316. The number of fused-ring (bicyclic) bond motifs is 1. The second-order valence-corrected chi connectivity index (χ2v) is 8.97. The van der Waals surface area contributed by atoms with Gasteiger partial charge in [0.25, 0.3) is 5.91 Å². The molecule has 0 aliphatic rings. The quantitative estimate of drug-likeness (QED) is 0.201. The Morgan fingerprint density at radius 2 is 1.88 bits per heavy atom. The number of nitrogens with one attached hydrogen (secondary N) is 1. The van der Waals surface area contributed by atoms with E-state index in [-0.39, 0.29) is 11.7 Å². The summed E-state index contributed by atoms with van der Waals surface area (Å²) in [6.45, 7) is 2.75. The van der Waals surface area contributed by atoms with E-state index in [0.717, 1.165) is 21.8 Å². The highest BCUT2D eigenvalue weighted by atomic mass is 35.5. The molecule has 1 N–H and O–H groups in total. The molecule has 0 spiro atoms. The fraction of sp³-hybridized carbons (Fsp3) is 0.125. The summed E-state index contributed by atoms with van der Waals surface area (Å²) in [6, 6.07) is 21.5. The molecule has 4 aromatic rings. The van der Waals surface area contributed by atoms with Gasteiger partial charge < -0.3 is 4.57 Å². The Morgan fingerprint density at radius 3 is 2.66 bits per heavy atom. The van der Waals surface area contributed by atoms with Crippen molar-refractivity contribution in [3.63, 3.8) is 0 Å². The fourth-order valence-corrected chi connectivity index (χ4v) is 4.24. The Morgan fingerprint density at radius 1 is 1.09 bits per heavy atom. The predicted octanol–water partition coefficient (Wildman–Crippen LogP) is 5.94. The van der Waals surface area contributed by atoms with Gasteiger partial charge in [-0.2, -0.15) is 5.10 Å². The van der Waals surface area contributed by atoms with Crippen LogP contribution in [0.25, 0.3) is 11.0 Å². The van der Waals surface area contributed by atoms with E-state index in [9.17, 15) is 4.79 Å². The number of hydrogen-bond acceptors (Lipinski definition) is 4. The zero-order chi connectivity index (χ0) is 22.5. The summed E-state index contributed by atoms with van der Waals surface area (Å²) in [5, 5.41) is 5.69. The lowest BCUT2D eigenvalue weighted by atomic mass is 10.1. The molecule has 1 aromatic heterocycles. The van der Waals surface area contributed by atoms with Crippen molar-refractivity contribution in [1.82, 2.24) is 15.0 Å². The van der Waals surface area contributed by atoms with Crippen molar-refractivity contribution in [3.8, 4) is 0 Å². The number of amides is 1. The Labute approximate surface area is 200 Å². The van der Waals surface area contributed by atoms with Gasteiger partial charge in [0, 0.05) is 0 Å². The monoisotopic (exact) mass is 482 g/mol. The van der Waals surface area contributed by atoms with Crippen LogP contribution in [0.4, 0.5) is 0 Å². The number of nitrogens with zero attached hydrogens (tertiary/aromatic N) is 3. The largest absolute Gasteiger partial charge is 0.314 e. The molecule has 1 heterocycles. The van der Waals surface area contributed by atoms with Crippen LogP contribution >= 0.6 is 35.0 Å². The maximum atomic E-state index is 12.3. The van der Waals surface area contributed by atoms with Gasteiger partial charge in [0.2, 0.25) is 0 Å². The molecule has 8 heteroatoms. The van der Waals surface area contributed by atoms with Gasteiger partial charge in [-0.05, 0) is 42.3 Å². The second-order valence-electron chi connectivity index (χ2n) is 7.21. The summed E-state index contributed by atoms with van der Waals surface area (Å²) >= 11 is 13.3. The molecule has 0 aliphatic heterocycles. The van der Waals surface area contributed by atoms with Crippen molar-refractivity contribution < 1.29 is 4.79 Å². The second kappa shape index (κ2) is 10.2. The molecule has 1 amide bonds. The number of hydrogen-bond donors (Lipinski definition) is 1. The number of thioether (sulfide) groups is 1. The topological polar surface area (TPSA) is 59.3 Å². The Hall–Kier alpha value is -2.80. The number of para-hydroxylation sites is 2. The van der Waals surface area contributed by atoms with Crippen molar-refractivity contribution >= 4 is 58.1 Å². The molecular weight excluding hydrogens is 463 g/mol. The molecule has 0 aliphatic carbocycles. The maximum Gasteiger partial charge on any atom is 0.250 e. The highest BCUT2D eigenvalue weighted by Gasteiger charge is 2.13. The minimum absolute atomic E-state index is 0.190. The van der Waals surface area contributed by atoms with Crippen molar-refractivity contribution in [1.29, 1.82) is 0 Å². The lowest BCUT2D eigenvalue weighted by Crippen LogP contribution is -2.20. The molecule has 0 saturated heterocycles. The standard InChI is InChI=1S/C24H20Cl2N4OS/c1-16-6-8-17(9-7-16)14-30-22-5-3-2-4-21(22)28-24(30)32-15-23(31)29-27-13-18-10-11-19(25)20(26)12-18/h2-13H,14-15H2,1H3,(H,29,31). The van der Waals surface area contributed by atoms with Gasteiger partial charge in [0.15, 0.2) is 5.16 Å². The minimum Gasteiger partial charge on any atom is -0.314 e. The molecule has 0 saturated carbocycles. The average Bonchev–Trinajstić information content (AvgIpc) is 3.14. The summed E-state index contributed by atoms with van der Waals surface area (Å²) in [7, 11) is 0. The third kappa shape index (κ3) is 5.51. The van der Waals surface area contributed by atoms with Gasteiger partial charge in [-0.1, -0.05) is 83.0 Å². The minimum atomic E-state index is -0.222. The molecule has 0 bridgehead atoms. The van der Waals surface area contributed by atoms with Crippen LogP contribution in [0.2, 0.25) is 10.0 Å². The predicted molar refractivity (Wildman–Crippen MR) is 133 cm³/mol. The van der Waals surface area contributed by atoms with Gasteiger partial charge in [-0.25, -0.2) is 10.4 Å². The number of aromatic nitrogens is 2. The normalized spacial score (nSPS) is 11.3. The lowest BCUT2D eigenvalue weighted by molar-refractivity contribution is -0.118. The summed E-state index contributed by atoms with van der Waals surface area (Å²) in [5.41, 5.74) is 7.62. The third-order valence-electron chi connectivity index (χ3n) is 4.76. The van der Waals surface area contributed by atoms with E-state index in [0.29, 0.717) is 16.6 Å². The Balaban J connectivity index is 1.44. The van der Waals surface area contributed by atoms with Crippen LogP contribution in [0.5, 0.6) is 0 Å². The van der Waals surface area contributed by atoms with Crippen LogP contribution in [-0.4, -0.2) is 27.4 Å². The Kier molecular flexibility index (Phi) is 7.15. The van der Waals surface area contributed by atoms with Crippen molar-refractivity contribution in [2.24, 2.45) is 5.10 Å². The first-order valence-electron chi connectivity index (χ1n) is 9.90. The van der Waals surface area contributed by atoms with Crippen LogP contribution in [0.1, 0.15) is 16.7 Å². The summed E-state index contributed by atoms with van der Waals surface area (Å²) < 4.78 is 2.14. The SMILES string of the molecule is Cc1ccc(Cn2c(SCC(=O)NN=Cc3ccc(Cl)c(Cl)c3)nc3ccccc32)cc1. The average molecular weight is 483 g/mol. The first-order chi connectivity index (χ1) is 15.5. The van der Waals surface area contributed by atoms with Crippen molar-refractivity contribution in [2.75, 3.05) is 5.75 Å². The molecule has 0 radical (unpaired) electrons. The van der Waals surface area contributed by atoms with E-state index in [1.165, 1.54) is 29.1 Å². The fourth-order valence-electron chi connectivity index (χ4n) is 3.13. The highest BCUT2D eigenvalue weighted by molar-refractivity contribution is 7.99. The third-order valence-corrected chi connectivity index (χ3v) is 6.48. The number of imidazole rings is 1. The van der Waals surface area contributed by atoms with Crippen LogP contribution in [-0.2, 0) is 11.3 Å². The van der Waals surface area contributed by atoms with Crippen LogP contribution in [0, 0.1) is 6.92 Å². The van der Waals surface area contributed by atoms with Crippen LogP contribution in [0.15, 0.2) is 77.0 Å². The Bertz CT molecular complexity index is 1290. The molecule has 32 heavy (non-hydrogen) atoms. The van der Waals surface area contributed by atoms with Crippen LogP contribution in [0.3, 0.4) is 0 Å². The van der Waals surface area contributed by atoms with Gasteiger partial charge in [-0.15, -0.1) is 0 Å². The molecule has 3 aromatic carbocycles. The summed E-state index contributed by atoms with van der Waals surface area (Å²) in [4.78, 5) is 17.0. The van der Waals surface area contributed by atoms with E-state index in [4.69, 9.17) is 28.2 Å². The molecule has 0 atom stereocenters. The van der Waals surface area contributed by atoms with Gasteiger partial charge >= 0.3 is 0 Å². The van der Waals surface area contributed by atoms with E-state index in [2.05, 4.69) is 46.3 Å². The van der Waals surface area contributed by atoms with Gasteiger partial charge in [0.1, 0.15) is 0 Å². The molecule has 4 rings (SSSR count). The van der Waals surface area contributed by atoms with E-state index < -0.39 is 0 Å². The highest BCUT2D eigenvalue weighted by Crippen LogP contribution is 2.25. The van der Waals surface area contributed by atoms with Crippen LogP contribution < -0.4 is 5.43 Å². The first kappa shape index (κ1) is 22.4. The maximum absolute atomic E-state index is 12.3. The zero-order valence-electron chi connectivity index (χ0n) is 17.3. The number of aryl methyl sites for hydroxylation is 1. The number of benzene rings is 3. The van der Waals surface area contributed by atoms with Gasteiger partial charge in [-0.3, -0.25) is 4.79 Å². The molecule has 162 valence electrons. The number of rotatable bonds is 7. The van der Waals surface area contributed by atoms with Crippen molar-refractivity contribution in [2.45, 2.75) is 18.6 Å². The van der Waals surface area contributed by atoms with E-state index in [1.54, 1.807) is 18.2 Å². The molecule has 0 unspecified atom stereocenters. The smallest absolute Gasteiger partial charge is 0.250 e. The molecule has 5 nitrogen and oxygen atoms in total. The zero-order valence-corrected chi connectivity index (χ0v) is 19.6. The summed E-state index contributed by atoms with van der Waals surface area (Å²) in [6.07, 6.45) is 1.53. The number of hydrazone groups is 1. The number of carbonyl (C=O) groups is 1. The molecule has 0 fully saturated rings.